The molecule has 0 aliphatic carbocycles. The lowest BCUT2D eigenvalue weighted by Crippen LogP contribution is -2.49. The van der Waals surface area contributed by atoms with Crippen molar-refractivity contribution in [1.29, 1.82) is 0 Å². The molecule has 1 unspecified atom stereocenters. The van der Waals surface area contributed by atoms with Gasteiger partial charge in [0, 0.05) is 17.6 Å². The first kappa shape index (κ1) is 13.4. The van der Waals surface area contributed by atoms with Crippen molar-refractivity contribution in [2.75, 3.05) is 19.7 Å². The van der Waals surface area contributed by atoms with Gasteiger partial charge in [-0.1, -0.05) is 15.9 Å². The van der Waals surface area contributed by atoms with Crippen molar-refractivity contribution in [3.63, 3.8) is 0 Å². The third kappa shape index (κ3) is 3.99. The van der Waals surface area contributed by atoms with Crippen LogP contribution in [0.1, 0.15) is 12.8 Å². The van der Waals surface area contributed by atoms with Crippen LogP contribution in [0.4, 0.5) is 0 Å². The van der Waals surface area contributed by atoms with E-state index in [4.69, 9.17) is 4.74 Å². The van der Waals surface area contributed by atoms with Gasteiger partial charge in [0.05, 0.1) is 6.04 Å². The summed E-state index contributed by atoms with van der Waals surface area (Å²) in [4.78, 5) is 11.5. The van der Waals surface area contributed by atoms with Crippen LogP contribution >= 0.6 is 15.9 Å². The minimum Gasteiger partial charge on any atom is -0.492 e. The van der Waals surface area contributed by atoms with Crippen LogP contribution in [0.3, 0.4) is 0 Å². The summed E-state index contributed by atoms with van der Waals surface area (Å²) >= 11 is 3.37. The summed E-state index contributed by atoms with van der Waals surface area (Å²) in [6.45, 7) is 2.03. The largest absolute Gasteiger partial charge is 0.492 e. The fourth-order valence-electron chi connectivity index (χ4n) is 1.90. The highest BCUT2D eigenvalue weighted by atomic mass is 79.9. The number of benzene rings is 1. The maximum atomic E-state index is 11.5. The van der Waals surface area contributed by atoms with Crippen LogP contribution in [0.5, 0.6) is 5.75 Å². The van der Waals surface area contributed by atoms with E-state index >= 15 is 0 Å². The van der Waals surface area contributed by atoms with Crippen LogP contribution in [0.2, 0.25) is 0 Å². The fourth-order valence-corrected chi connectivity index (χ4v) is 2.16. The summed E-state index contributed by atoms with van der Waals surface area (Å²) in [6.07, 6.45) is 1.95. The van der Waals surface area contributed by atoms with E-state index in [9.17, 15) is 4.79 Å². The molecule has 1 aliphatic rings. The first-order valence-corrected chi connectivity index (χ1v) is 6.94. The molecule has 5 heteroatoms. The Kier molecular flexibility index (Phi) is 5.01. The normalized spacial score (nSPS) is 19.4. The van der Waals surface area contributed by atoms with Crippen LogP contribution in [0.25, 0.3) is 0 Å². The first-order valence-electron chi connectivity index (χ1n) is 6.15. The van der Waals surface area contributed by atoms with Gasteiger partial charge in [-0.2, -0.15) is 0 Å². The molecule has 1 amide bonds. The van der Waals surface area contributed by atoms with Gasteiger partial charge < -0.3 is 15.4 Å². The van der Waals surface area contributed by atoms with Crippen LogP contribution < -0.4 is 15.4 Å². The Morgan fingerprint density at radius 1 is 1.39 bits per heavy atom. The molecule has 0 aromatic heterocycles. The summed E-state index contributed by atoms with van der Waals surface area (Å²) in [5.74, 6) is 0.943. The molecule has 1 aliphatic heterocycles. The first-order chi connectivity index (χ1) is 8.75. The van der Waals surface area contributed by atoms with Crippen molar-refractivity contribution in [3.05, 3.63) is 28.7 Å². The zero-order valence-corrected chi connectivity index (χ0v) is 11.7. The zero-order chi connectivity index (χ0) is 12.8. The van der Waals surface area contributed by atoms with Crippen LogP contribution in [0.15, 0.2) is 28.7 Å². The molecule has 1 atom stereocenters. The van der Waals surface area contributed by atoms with Crippen molar-refractivity contribution in [2.45, 2.75) is 18.9 Å². The van der Waals surface area contributed by atoms with Crippen molar-refractivity contribution in [1.82, 2.24) is 10.6 Å². The summed E-state index contributed by atoms with van der Waals surface area (Å²) < 4.78 is 6.61. The van der Waals surface area contributed by atoms with Crippen LogP contribution in [0, 0.1) is 0 Å². The lowest BCUT2D eigenvalue weighted by atomic mass is 10.1. The van der Waals surface area contributed by atoms with Gasteiger partial charge in [-0.25, -0.2) is 0 Å². The molecular weight excluding hydrogens is 296 g/mol. The van der Waals surface area contributed by atoms with Crippen molar-refractivity contribution >= 4 is 21.8 Å². The Bertz CT molecular complexity index is 394. The fraction of sp³-hybridized carbons (Fsp3) is 0.462. The highest BCUT2D eigenvalue weighted by Crippen LogP contribution is 2.15. The predicted molar refractivity (Wildman–Crippen MR) is 73.7 cm³/mol. The number of nitrogens with one attached hydrogen (secondary N) is 2. The lowest BCUT2D eigenvalue weighted by Gasteiger charge is -2.22. The molecule has 1 aromatic rings. The van der Waals surface area contributed by atoms with Crippen LogP contribution in [-0.4, -0.2) is 31.6 Å². The lowest BCUT2D eigenvalue weighted by molar-refractivity contribution is -0.124. The second-order valence-corrected chi connectivity index (χ2v) is 5.16. The van der Waals surface area contributed by atoms with Crippen molar-refractivity contribution < 1.29 is 9.53 Å². The molecule has 1 fully saturated rings. The Morgan fingerprint density at radius 2 is 2.17 bits per heavy atom. The van der Waals surface area contributed by atoms with E-state index in [-0.39, 0.29) is 11.9 Å². The van der Waals surface area contributed by atoms with Gasteiger partial charge in [-0.3, -0.25) is 4.79 Å². The highest BCUT2D eigenvalue weighted by molar-refractivity contribution is 9.10. The highest BCUT2D eigenvalue weighted by Gasteiger charge is 2.20. The van der Waals surface area contributed by atoms with E-state index in [2.05, 4.69) is 26.6 Å². The molecule has 0 spiro atoms. The van der Waals surface area contributed by atoms with Crippen molar-refractivity contribution in [3.8, 4) is 5.75 Å². The Labute approximate surface area is 115 Å². The molecule has 1 aromatic carbocycles. The minimum absolute atomic E-state index is 0.0627. The number of carbonyl (C=O) groups excluding carboxylic acids is 1. The van der Waals surface area contributed by atoms with Gasteiger partial charge in [-0.05, 0) is 37.1 Å². The molecule has 2 rings (SSSR count). The Morgan fingerprint density at radius 3 is 2.89 bits per heavy atom. The summed E-state index contributed by atoms with van der Waals surface area (Å²) in [5, 5.41) is 6.06. The monoisotopic (exact) mass is 312 g/mol. The van der Waals surface area contributed by atoms with E-state index in [1.165, 1.54) is 0 Å². The van der Waals surface area contributed by atoms with Gasteiger partial charge in [-0.15, -0.1) is 0 Å². The summed E-state index contributed by atoms with van der Waals surface area (Å²) in [7, 11) is 0. The standard InChI is InChI=1S/C13H17BrN2O2/c14-10-3-5-11(6-4-10)18-9-8-15-12-2-1-7-16-13(12)17/h3-6,12,15H,1-2,7-9H2,(H,16,17). The molecular formula is C13H17BrN2O2. The molecule has 2 N–H and O–H groups in total. The van der Waals surface area contributed by atoms with E-state index < -0.39 is 0 Å². The van der Waals surface area contributed by atoms with E-state index in [1.54, 1.807) is 0 Å². The third-order valence-corrected chi connectivity index (χ3v) is 3.39. The smallest absolute Gasteiger partial charge is 0.237 e. The zero-order valence-electron chi connectivity index (χ0n) is 10.1. The van der Waals surface area contributed by atoms with E-state index in [0.717, 1.165) is 29.6 Å². The molecule has 0 saturated carbocycles. The molecule has 98 valence electrons. The SMILES string of the molecule is O=C1NCCCC1NCCOc1ccc(Br)cc1. The van der Waals surface area contributed by atoms with Gasteiger partial charge in [0.25, 0.3) is 0 Å². The number of amides is 1. The van der Waals surface area contributed by atoms with E-state index in [1.807, 2.05) is 24.3 Å². The number of piperidine rings is 1. The van der Waals surface area contributed by atoms with Crippen LogP contribution in [-0.2, 0) is 4.79 Å². The molecule has 18 heavy (non-hydrogen) atoms. The topological polar surface area (TPSA) is 50.4 Å². The van der Waals surface area contributed by atoms with E-state index in [0.29, 0.717) is 13.2 Å². The molecule has 1 heterocycles. The maximum absolute atomic E-state index is 11.5. The number of halogens is 1. The van der Waals surface area contributed by atoms with Gasteiger partial charge in [0.2, 0.25) is 5.91 Å². The minimum atomic E-state index is -0.0627. The van der Waals surface area contributed by atoms with Gasteiger partial charge in [0.1, 0.15) is 12.4 Å². The number of hydrogen-bond acceptors (Lipinski definition) is 3. The van der Waals surface area contributed by atoms with Crippen molar-refractivity contribution in [2.24, 2.45) is 0 Å². The second-order valence-electron chi connectivity index (χ2n) is 4.24. The summed E-state index contributed by atoms with van der Waals surface area (Å²) in [6, 6.07) is 7.65. The maximum Gasteiger partial charge on any atom is 0.237 e. The number of rotatable bonds is 5. The molecule has 0 radical (unpaired) electrons. The average Bonchev–Trinajstić information content (AvgIpc) is 2.39. The second kappa shape index (κ2) is 6.75. The molecule has 4 nitrogen and oxygen atoms in total. The predicted octanol–water partition coefficient (Wildman–Crippen LogP) is 1.70. The third-order valence-electron chi connectivity index (χ3n) is 2.86. The Hall–Kier alpha value is -1.07. The molecule has 0 bridgehead atoms. The quantitative estimate of drug-likeness (QED) is 0.814. The number of carbonyl (C=O) groups is 1. The summed E-state index contributed by atoms with van der Waals surface area (Å²) in [5.41, 5.74) is 0. The number of hydrogen-bond donors (Lipinski definition) is 2. The molecule has 1 saturated heterocycles. The average molecular weight is 313 g/mol. The van der Waals surface area contributed by atoms with Gasteiger partial charge >= 0.3 is 0 Å². The Balaban J connectivity index is 1.66. The van der Waals surface area contributed by atoms with Gasteiger partial charge in [0.15, 0.2) is 0 Å². The number of ether oxygens (including phenoxy) is 1.